The smallest absolute Gasteiger partial charge is 0.171 e. The van der Waals surface area contributed by atoms with Gasteiger partial charge >= 0.3 is 0 Å². The summed E-state index contributed by atoms with van der Waals surface area (Å²) >= 11 is 0. The van der Waals surface area contributed by atoms with Gasteiger partial charge in [0.05, 0.1) is 13.2 Å². The van der Waals surface area contributed by atoms with Crippen molar-refractivity contribution in [2.75, 3.05) is 13.2 Å². The Balaban J connectivity index is 1.96. The van der Waals surface area contributed by atoms with E-state index in [1.54, 1.807) is 0 Å². The molecule has 64 valence electrons. The molecule has 0 aromatic rings. The van der Waals surface area contributed by atoms with Crippen molar-refractivity contribution in [1.29, 1.82) is 0 Å². The van der Waals surface area contributed by atoms with Gasteiger partial charge in [0.15, 0.2) is 5.79 Å². The first kappa shape index (κ1) is 7.56. The highest BCUT2D eigenvalue weighted by Crippen LogP contribution is 2.51. The zero-order valence-electron chi connectivity index (χ0n) is 7.52. The Bertz CT molecular complexity index is 164. The molecule has 0 N–H and O–H groups in total. The molecule has 2 aliphatic rings. The fraction of sp³-hybridized carbons (Fsp3) is 1.00. The van der Waals surface area contributed by atoms with Crippen molar-refractivity contribution in [3.63, 3.8) is 0 Å². The van der Waals surface area contributed by atoms with Gasteiger partial charge in [-0.25, -0.2) is 0 Å². The van der Waals surface area contributed by atoms with E-state index in [0.717, 1.165) is 19.6 Å². The third-order valence-corrected chi connectivity index (χ3v) is 2.60. The highest BCUT2D eigenvalue weighted by atomic mass is 16.7. The topological polar surface area (TPSA) is 18.5 Å². The van der Waals surface area contributed by atoms with Crippen LogP contribution in [0.2, 0.25) is 0 Å². The molecular formula is C9H16O2. The zero-order valence-corrected chi connectivity index (χ0v) is 7.52. The van der Waals surface area contributed by atoms with Gasteiger partial charge in [-0.15, -0.1) is 0 Å². The molecule has 0 aromatic heterocycles. The lowest BCUT2D eigenvalue weighted by atomic mass is 9.95. The molecule has 2 fully saturated rings. The second-order valence-corrected chi connectivity index (χ2v) is 4.66. The van der Waals surface area contributed by atoms with Crippen LogP contribution in [0.25, 0.3) is 0 Å². The maximum Gasteiger partial charge on any atom is 0.171 e. The molecule has 1 spiro atoms. The molecule has 0 aromatic carbocycles. The van der Waals surface area contributed by atoms with Crippen molar-refractivity contribution in [2.24, 2.45) is 11.3 Å². The summed E-state index contributed by atoms with van der Waals surface area (Å²) in [6.45, 7) is 8.22. The molecule has 0 radical (unpaired) electrons. The molecule has 1 saturated carbocycles. The molecule has 2 rings (SSSR count). The third-order valence-electron chi connectivity index (χ3n) is 2.60. The monoisotopic (exact) mass is 156 g/mol. The van der Waals surface area contributed by atoms with Crippen LogP contribution in [0.15, 0.2) is 0 Å². The number of ether oxygens (including phenoxy) is 2. The average molecular weight is 156 g/mol. The van der Waals surface area contributed by atoms with E-state index in [1.807, 2.05) is 0 Å². The van der Waals surface area contributed by atoms with Gasteiger partial charge in [0.1, 0.15) is 0 Å². The average Bonchev–Trinajstić information content (AvgIpc) is 2.54. The van der Waals surface area contributed by atoms with E-state index in [9.17, 15) is 0 Å². The van der Waals surface area contributed by atoms with Crippen molar-refractivity contribution < 1.29 is 9.47 Å². The first-order chi connectivity index (χ1) is 5.04. The SMILES string of the molecule is C[C@H]1CC12OCC(C)(C)CO2. The Morgan fingerprint density at radius 1 is 1.18 bits per heavy atom. The second kappa shape index (κ2) is 1.99. The molecule has 1 heterocycles. The molecule has 11 heavy (non-hydrogen) atoms. The van der Waals surface area contributed by atoms with Gasteiger partial charge in [-0.2, -0.15) is 0 Å². The van der Waals surface area contributed by atoms with Crippen LogP contribution in [0.3, 0.4) is 0 Å². The molecule has 2 heteroatoms. The van der Waals surface area contributed by atoms with Crippen LogP contribution in [0, 0.1) is 11.3 Å². The van der Waals surface area contributed by atoms with Gasteiger partial charge in [-0.1, -0.05) is 20.8 Å². The van der Waals surface area contributed by atoms with Crippen molar-refractivity contribution in [3.05, 3.63) is 0 Å². The lowest BCUT2D eigenvalue weighted by Gasteiger charge is -2.35. The standard InChI is InChI=1S/C9H16O2/c1-7-4-9(7)10-5-8(2,3)6-11-9/h7H,4-6H2,1-3H3/t7-/m0/s1. The maximum absolute atomic E-state index is 5.68. The normalized spacial score (nSPS) is 39.0. The van der Waals surface area contributed by atoms with Crippen molar-refractivity contribution in [2.45, 2.75) is 33.0 Å². The number of rotatable bonds is 0. The van der Waals surface area contributed by atoms with Crippen molar-refractivity contribution in [3.8, 4) is 0 Å². The largest absolute Gasteiger partial charge is 0.349 e. The van der Waals surface area contributed by atoms with E-state index in [0.29, 0.717) is 5.92 Å². The van der Waals surface area contributed by atoms with Gasteiger partial charge < -0.3 is 9.47 Å². The van der Waals surface area contributed by atoms with E-state index in [2.05, 4.69) is 20.8 Å². The van der Waals surface area contributed by atoms with Crippen LogP contribution in [0.1, 0.15) is 27.2 Å². The Hall–Kier alpha value is -0.0800. The Morgan fingerprint density at radius 3 is 2.00 bits per heavy atom. The van der Waals surface area contributed by atoms with E-state index in [1.165, 1.54) is 0 Å². The van der Waals surface area contributed by atoms with Crippen LogP contribution in [0.4, 0.5) is 0 Å². The van der Waals surface area contributed by atoms with E-state index in [4.69, 9.17) is 9.47 Å². The van der Waals surface area contributed by atoms with Crippen LogP contribution in [0.5, 0.6) is 0 Å². The van der Waals surface area contributed by atoms with Crippen molar-refractivity contribution >= 4 is 0 Å². The minimum atomic E-state index is -0.157. The van der Waals surface area contributed by atoms with Crippen LogP contribution in [-0.2, 0) is 9.47 Å². The molecule has 1 saturated heterocycles. The summed E-state index contributed by atoms with van der Waals surface area (Å²) in [6, 6.07) is 0. The highest BCUT2D eigenvalue weighted by Gasteiger charge is 2.57. The molecule has 1 atom stereocenters. The fourth-order valence-electron chi connectivity index (χ4n) is 1.49. The molecule has 1 aliphatic heterocycles. The first-order valence-electron chi connectivity index (χ1n) is 4.32. The van der Waals surface area contributed by atoms with E-state index in [-0.39, 0.29) is 11.2 Å². The summed E-state index contributed by atoms with van der Waals surface area (Å²) < 4.78 is 11.4. The summed E-state index contributed by atoms with van der Waals surface area (Å²) in [7, 11) is 0. The number of hydrogen-bond acceptors (Lipinski definition) is 2. The fourth-order valence-corrected chi connectivity index (χ4v) is 1.49. The predicted octanol–water partition coefficient (Wildman–Crippen LogP) is 1.80. The summed E-state index contributed by atoms with van der Waals surface area (Å²) in [5.41, 5.74) is 0.216. The molecule has 1 aliphatic carbocycles. The second-order valence-electron chi connectivity index (χ2n) is 4.66. The van der Waals surface area contributed by atoms with Crippen LogP contribution < -0.4 is 0 Å². The van der Waals surface area contributed by atoms with Crippen LogP contribution >= 0.6 is 0 Å². The van der Waals surface area contributed by atoms with Crippen molar-refractivity contribution in [1.82, 2.24) is 0 Å². The maximum atomic E-state index is 5.68. The first-order valence-corrected chi connectivity index (χ1v) is 4.32. The van der Waals surface area contributed by atoms with Gasteiger partial charge in [0.25, 0.3) is 0 Å². The molecule has 0 amide bonds. The van der Waals surface area contributed by atoms with E-state index < -0.39 is 0 Å². The Labute approximate surface area is 67.9 Å². The predicted molar refractivity (Wildman–Crippen MR) is 42.2 cm³/mol. The summed E-state index contributed by atoms with van der Waals surface area (Å²) in [4.78, 5) is 0. The van der Waals surface area contributed by atoms with Gasteiger partial charge in [-0.3, -0.25) is 0 Å². The third kappa shape index (κ3) is 1.18. The lowest BCUT2D eigenvalue weighted by Crippen LogP contribution is -2.39. The van der Waals surface area contributed by atoms with Gasteiger partial charge in [-0.05, 0) is 0 Å². The zero-order chi connectivity index (χ0) is 8.11. The minimum absolute atomic E-state index is 0.157. The van der Waals surface area contributed by atoms with Gasteiger partial charge in [0.2, 0.25) is 0 Å². The summed E-state index contributed by atoms with van der Waals surface area (Å²) in [5, 5.41) is 0. The molecular weight excluding hydrogens is 140 g/mol. The molecule has 2 nitrogen and oxygen atoms in total. The van der Waals surface area contributed by atoms with E-state index >= 15 is 0 Å². The quantitative estimate of drug-likeness (QED) is 0.532. The molecule has 0 bridgehead atoms. The molecule has 0 unspecified atom stereocenters. The summed E-state index contributed by atoms with van der Waals surface area (Å²) in [6.07, 6.45) is 1.09. The number of hydrogen-bond donors (Lipinski definition) is 0. The Morgan fingerprint density at radius 2 is 1.64 bits per heavy atom. The highest BCUT2D eigenvalue weighted by molar-refractivity contribution is 4.97. The Kier molecular flexibility index (Phi) is 1.37. The minimum Gasteiger partial charge on any atom is -0.349 e. The summed E-state index contributed by atoms with van der Waals surface area (Å²) in [5.74, 6) is 0.453. The van der Waals surface area contributed by atoms with Crippen LogP contribution in [-0.4, -0.2) is 19.0 Å². The lowest BCUT2D eigenvalue weighted by molar-refractivity contribution is -0.249. The van der Waals surface area contributed by atoms with Gasteiger partial charge in [0, 0.05) is 17.8 Å².